The summed E-state index contributed by atoms with van der Waals surface area (Å²) >= 11 is 0. The Morgan fingerprint density at radius 1 is 1.11 bits per heavy atom. The number of hydrogen-bond acceptors (Lipinski definition) is 2. The summed E-state index contributed by atoms with van der Waals surface area (Å²) < 4.78 is 37.6. The van der Waals surface area contributed by atoms with Gasteiger partial charge in [0.05, 0.1) is 16.8 Å². The molecule has 1 aromatic heterocycles. The van der Waals surface area contributed by atoms with Crippen molar-refractivity contribution in [1.82, 2.24) is 9.88 Å². The summed E-state index contributed by atoms with van der Waals surface area (Å²) in [7, 11) is 3.83. The first-order valence-electron chi connectivity index (χ1n) is 5.48. The van der Waals surface area contributed by atoms with Gasteiger partial charge in [0.25, 0.3) is 0 Å². The van der Waals surface area contributed by atoms with E-state index in [0.29, 0.717) is 17.4 Å². The Morgan fingerprint density at radius 3 is 2.44 bits per heavy atom. The molecule has 0 aliphatic heterocycles. The Balaban J connectivity index is 2.42. The number of halogens is 3. The van der Waals surface area contributed by atoms with E-state index in [9.17, 15) is 13.2 Å². The van der Waals surface area contributed by atoms with E-state index in [4.69, 9.17) is 0 Å². The standard InChI is InChI=1S/C13H13F3N2/c1-18(2)8-11-5-3-9-7-10(13(14,15)16)4-6-12(9)17-11/h3-7H,8H2,1-2H3. The molecule has 1 aromatic carbocycles. The third-order valence-electron chi connectivity index (χ3n) is 2.55. The Labute approximate surface area is 103 Å². The monoisotopic (exact) mass is 254 g/mol. The van der Waals surface area contributed by atoms with Crippen molar-refractivity contribution in [1.29, 1.82) is 0 Å². The molecule has 2 rings (SSSR count). The second-order valence-electron chi connectivity index (χ2n) is 4.45. The first-order valence-corrected chi connectivity index (χ1v) is 5.48. The number of nitrogens with zero attached hydrogens (tertiary/aromatic N) is 2. The molecular weight excluding hydrogens is 241 g/mol. The van der Waals surface area contributed by atoms with Crippen LogP contribution >= 0.6 is 0 Å². The van der Waals surface area contributed by atoms with Crippen LogP contribution in [0.2, 0.25) is 0 Å². The number of benzene rings is 1. The predicted octanol–water partition coefficient (Wildman–Crippen LogP) is 3.32. The second-order valence-corrected chi connectivity index (χ2v) is 4.45. The van der Waals surface area contributed by atoms with Crippen molar-refractivity contribution in [2.45, 2.75) is 12.7 Å². The minimum atomic E-state index is -4.31. The zero-order chi connectivity index (χ0) is 13.3. The molecule has 2 nitrogen and oxygen atoms in total. The van der Waals surface area contributed by atoms with Crippen molar-refractivity contribution in [3.63, 3.8) is 0 Å². The number of fused-ring (bicyclic) bond motifs is 1. The molecule has 0 atom stereocenters. The minimum Gasteiger partial charge on any atom is -0.304 e. The number of rotatable bonds is 2. The van der Waals surface area contributed by atoms with Gasteiger partial charge in [0, 0.05) is 11.9 Å². The van der Waals surface area contributed by atoms with Crippen LogP contribution in [0.25, 0.3) is 10.9 Å². The Kier molecular flexibility index (Phi) is 3.26. The van der Waals surface area contributed by atoms with E-state index in [2.05, 4.69) is 4.98 Å². The fourth-order valence-corrected chi connectivity index (χ4v) is 1.76. The second kappa shape index (κ2) is 4.57. The molecule has 0 amide bonds. The van der Waals surface area contributed by atoms with Crippen LogP contribution in [-0.4, -0.2) is 24.0 Å². The lowest BCUT2D eigenvalue weighted by molar-refractivity contribution is -0.137. The van der Waals surface area contributed by atoms with E-state index in [0.717, 1.165) is 17.8 Å². The van der Waals surface area contributed by atoms with Gasteiger partial charge in [-0.1, -0.05) is 6.07 Å². The molecule has 0 aliphatic carbocycles. The quantitative estimate of drug-likeness (QED) is 0.817. The van der Waals surface area contributed by atoms with Gasteiger partial charge in [-0.05, 0) is 38.4 Å². The van der Waals surface area contributed by atoms with Gasteiger partial charge in [-0.2, -0.15) is 13.2 Å². The first kappa shape index (κ1) is 12.8. The number of pyridine rings is 1. The molecule has 0 bridgehead atoms. The van der Waals surface area contributed by atoms with Gasteiger partial charge in [-0.3, -0.25) is 4.98 Å². The fraction of sp³-hybridized carbons (Fsp3) is 0.308. The molecular formula is C13H13F3N2. The molecule has 18 heavy (non-hydrogen) atoms. The van der Waals surface area contributed by atoms with Crippen LogP contribution in [0.15, 0.2) is 30.3 Å². The van der Waals surface area contributed by atoms with Gasteiger partial charge in [-0.25, -0.2) is 0 Å². The normalized spacial score (nSPS) is 12.3. The Morgan fingerprint density at radius 2 is 1.83 bits per heavy atom. The molecule has 0 spiro atoms. The van der Waals surface area contributed by atoms with Crippen LogP contribution < -0.4 is 0 Å². The van der Waals surface area contributed by atoms with E-state index >= 15 is 0 Å². The lowest BCUT2D eigenvalue weighted by Gasteiger charge is -2.10. The highest BCUT2D eigenvalue weighted by Crippen LogP contribution is 2.31. The van der Waals surface area contributed by atoms with Crippen LogP contribution in [0.1, 0.15) is 11.3 Å². The summed E-state index contributed by atoms with van der Waals surface area (Å²) in [6.07, 6.45) is -4.31. The first-order chi connectivity index (χ1) is 8.36. The maximum absolute atomic E-state index is 12.5. The summed E-state index contributed by atoms with van der Waals surface area (Å²) in [5.74, 6) is 0. The van der Waals surface area contributed by atoms with Gasteiger partial charge < -0.3 is 4.90 Å². The third kappa shape index (κ3) is 2.79. The van der Waals surface area contributed by atoms with Crippen molar-refractivity contribution in [2.75, 3.05) is 14.1 Å². The maximum Gasteiger partial charge on any atom is 0.416 e. The summed E-state index contributed by atoms with van der Waals surface area (Å²) in [5, 5.41) is 0.507. The van der Waals surface area contributed by atoms with E-state index in [1.165, 1.54) is 6.07 Å². The molecule has 96 valence electrons. The lowest BCUT2D eigenvalue weighted by Crippen LogP contribution is -2.11. The summed E-state index contributed by atoms with van der Waals surface area (Å²) in [4.78, 5) is 6.29. The van der Waals surface area contributed by atoms with E-state index in [1.807, 2.05) is 19.0 Å². The van der Waals surface area contributed by atoms with Crippen molar-refractivity contribution < 1.29 is 13.2 Å². The third-order valence-corrected chi connectivity index (χ3v) is 2.55. The largest absolute Gasteiger partial charge is 0.416 e. The maximum atomic E-state index is 12.5. The number of aromatic nitrogens is 1. The molecule has 0 radical (unpaired) electrons. The minimum absolute atomic E-state index is 0.507. The molecule has 5 heteroatoms. The summed E-state index contributed by atoms with van der Waals surface area (Å²) in [6.45, 7) is 0.664. The molecule has 1 heterocycles. The van der Waals surface area contributed by atoms with Crippen molar-refractivity contribution in [3.8, 4) is 0 Å². The van der Waals surface area contributed by atoms with Crippen molar-refractivity contribution >= 4 is 10.9 Å². The molecule has 0 fully saturated rings. The molecule has 0 unspecified atom stereocenters. The zero-order valence-corrected chi connectivity index (χ0v) is 10.1. The highest BCUT2D eigenvalue weighted by atomic mass is 19.4. The number of hydrogen-bond donors (Lipinski definition) is 0. The molecule has 0 saturated carbocycles. The average molecular weight is 254 g/mol. The van der Waals surface area contributed by atoms with E-state index in [1.54, 1.807) is 12.1 Å². The predicted molar refractivity (Wildman–Crippen MR) is 64.1 cm³/mol. The smallest absolute Gasteiger partial charge is 0.304 e. The van der Waals surface area contributed by atoms with Gasteiger partial charge in [0.1, 0.15) is 0 Å². The Hall–Kier alpha value is -1.62. The van der Waals surface area contributed by atoms with Gasteiger partial charge >= 0.3 is 6.18 Å². The molecule has 0 aliphatic rings. The SMILES string of the molecule is CN(C)Cc1ccc2cc(C(F)(F)F)ccc2n1. The van der Waals surface area contributed by atoms with Gasteiger partial charge in [-0.15, -0.1) is 0 Å². The van der Waals surface area contributed by atoms with Crippen LogP contribution in [0.5, 0.6) is 0 Å². The zero-order valence-electron chi connectivity index (χ0n) is 10.1. The van der Waals surface area contributed by atoms with E-state index < -0.39 is 11.7 Å². The van der Waals surface area contributed by atoms with Gasteiger partial charge in [0.15, 0.2) is 0 Å². The lowest BCUT2D eigenvalue weighted by atomic mass is 10.1. The van der Waals surface area contributed by atoms with Crippen LogP contribution in [0, 0.1) is 0 Å². The molecule has 2 aromatic rings. The van der Waals surface area contributed by atoms with Crippen molar-refractivity contribution in [3.05, 3.63) is 41.6 Å². The van der Waals surface area contributed by atoms with Crippen LogP contribution in [0.3, 0.4) is 0 Å². The Bertz CT molecular complexity index is 562. The highest BCUT2D eigenvalue weighted by Gasteiger charge is 2.30. The molecule has 0 N–H and O–H groups in total. The number of alkyl halides is 3. The van der Waals surface area contributed by atoms with E-state index in [-0.39, 0.29) is 0 Å². The van der Waals surface area contributed by atoms with Crippen LogP contribution in [-0.2, 0) is 12.7 Å². The summed E-state index contributed by atoms with van der Waals surface area (Å²) in [6, 6.07) is 7.03. The highest BCUT2D eigenvalue weighted by molar-refractivity contribution is 5.79. The average Bonchev–Trinajstić information content (AvgIpc) is 2.26. The summed E-state index contributed by atoms with van der Waals surface area (Å²) in [5.41, 5.74) is 0.784. The fourth-order valence-electron chi connectivity index (χ4n) is 1.76. The topological polar surface area (TPSA) is 16.1 Å². The molecule has 0 saturated heterocycles. The van der Waals surface area contributed by atoms with Crippen LogP contribution in [0.4, 0.5) is 13.2 Å². The van der Waals surface area contributed by atoms with Gasteiger partial charge in [0.2, 0.25) is 0 Å². The van der Waals surface area contributed by atoms with Crippen molar-refractivity contribution in [2.24, 2.45) is 0 Å².